The van der Waals surface area contributed by atoms with Gasteiger partial charge in [-0.1, -0.05) is 29.8 Å². The monoisotopic (exact) mass is 428 g/mol. The summed E-state index contributed by atoms with van der Waals surface area (Å²) in [6.45, 7) is 2.59. The number of carbonyl (C=O) groups excluding carboxylic acids is 1. The molecule has 1 aromatic carbocycles. The highest BCUT2D eigenvalue weighted by Gasteiger charge is 2.39. The number of aliphatic hydroxyl groups is 1. The molecule has 166 valence electrons. The van der Waals surface area contributed by atoms with Crippen LogP contribution in [0.25, 0.3) is 0 Å². The van der Waals surface area contributed by atoms with Gasteiger partial charge in [-0.3, -0.25) is 4.79 Å². The number of anilines is 2. The van der Waals surface area contributed by atoms with Crippen LogP contribution in [0.15, 0.2) is 30.6 Å². The van der Waals surface area contributed by atoms with Crippen molar-refractivity contribution < 1.29 is 19.8 Å². The van der Waals surface area contributed by atoms with E-state index in [1.54, 1.807) is 4.90 Å². The highest BCUT2D eigenvalue weighted by molar-refractivity contribution is 5.98. The molecule has 1 aliphatic heterocycles. The lowest BCUT2D eigenvalue weighted by atomic mass is 9.86. The molecular weight excluding hydrogens is 400 g/mol. The van der Waals surface area contributed by atoms with Crippen molar-refractivity contribution in [2.45, 2.75) is 37.8 Å². The number of hydrogen-bond acceptors (Lipinski definition) is 8. The molecule has 2 heterocycles. The molecule has 3 rings (SSSR count). The second-order valence-corrected chi connectivity index (χ2v) is 7.85. The van der Waals surface area contributed by atoms with Crippen LogP contribution in [0, 0.1) is 6.92 Å². The number of aromatic carboxylic acids is 1. The van der Waals surface area contributed by atoms with Crippen LogP contribution in [0.4, 0.5) is 11.6 Å². The molecule has 1 saturated heterocycles. The van der Waals surface area contributed by atoms with E-state index in [1.165, 1.54) is 6.33 Å². The number of carbonyl (C=O) groups is 2. The smallest absolute Gasteiger partial charge is 0.343 e. The first kappa shape index (κ1) is 22.4. The summed E-state index contributed by atoms with van der Waals surface area (Å²) in [5.74, 6) is -1.39. The molecule has 10 heteroatoms. The summed E-state index contributed by atoms with van der Waals surface area (Å²) >= 11 is 0. The first-order chi connectivity index (χ1) is 14.7. The largest absolute Gasteiger partial charge is 0.477 e. The third kappa shape index (κ3) is 4.92. The lowest BCUT2D eigenvalue weighted by Gasteiger charge is -2.39. The van der Waals surface area contributed by atoms with Crippen molar-refractivity contribution in [2.75, 3.05) is 30.3 Å². The molecular formula is C21H28N6O4. The lowest BCUT2D eigenvalue weighted by Crippen LogP contribution is -2.60. The normalized spacial score (nSPS) is 16.5. The van der Waals surface area contributed by atoms with Gasteiger partial charge in [0.1, 0.15) is 23.5 Å². The van der Waals surface area contributed by atoms with Crippen LogP contribution in [0.3, 0.4) is 0 Å². The Morgan fingerprint density at radius 2 is 1.87 bits per heavy atom. The van der Waals surface area contributed by atoms with Crippen LogP contribution < -0.4 is 21.7 Å². The van der Waals surface area contributed by atoms with E-state index in [1.807, 2.05) is 31.2 Å². The zero-order valence-corrected chi connectivity index (χ0v) is 17.4. The zero-order chi connectivity index (χ0) is 22.6. The zero-order valence-electron chi connectivity index (χ0n) is 17.4. The van der Waals surface area contributed by atoms with Crippen molar-refractivity contribution in [3.05, 3.63) is 47.3 Å². The molecule has 1 aromatic heterocycles. The Labute approximate surface area is 180 Å². The number of carboxylic acid groups (broad SMARTS) is 1. The Balaban J connectivity index is 1.71. The van der Waals surface area contributed by atoms with Gasteiger partial charge in [0, 0.05) is 19.7 Å². The number of aromatic nitrogens is 2. The van der Waals surface area contributed by atoms with Gasteiger partial charge >= 0.3 is 5.97 Å². The fourth-order valence-electron chi connectivity index (χ4n) is 3.73. The van der Waals surface area contributed by atoms with Crippen molar-refractivity contribution >= 4 is 23.5 Å². The van der Waals surface area contributed by atoms with Gasteiger partial charge in [0.05, 0.1) is 11.6 Å². The second kappa shape index (κ2) is 9.27. The second-order valence-electron chi connectivity index (χ2n) is 7.85. The van der Waals surface area contributed by atoms with E-state index in [0.717, 1.165) is 11.1 Å². The van der Waals surface area contributed by atoms with Gasteiger partial charge in [0.15, 0.2) is 0 Å². The Hall–Kier alpha value is -3.24. The van der Waals surface area contributed by atoms with Gasteiger partial charge in [-0.25, -0.2) is 14.8 Å². The number of nitrogen functional groups attached to an aromatic ring is 1. The van der Waals surface area contributed by atoms with E-state index >= 15 is 0 Å². The predicted octanol–water partition coefficient (Wildman–Crippen LogP) is 0.603. The van der Waals surface area contributed by atoms with Gasteiger partial charge in [0.2, 0.25) is 5.91 Å². The average Bonchev–Trinajstić information content (AvgIpc) is 2.74. The number of rotatable bonds is 7. The number of piperidine rings is 1. The highest BCUT2D eigenvalue weighted by atomic mass is 16.4. The molecule has 1 atom stereocenters. The van der Waals surface area contributed by atoms with E-state index < -0.39 is 11.5 Å². The molecule has 0 aliphatic carbocycles. The first-order valence-corrected chi connectivity index (χ1v) is 10.1. The van der Waals surface area contributed by atoms with Crippen molar-refractivity contribution in [1.29, 1.82) is 0 Å². The summed E-state index contributed by atoms with van der Waals surface area (Å²) in [6, 6.07) is 7.41. The third-order valence-electron chi connectivity index (χ3n) is 5.68. The molecule has 31 heavy (non-hydrogen) atoms. The molecule has 0 radical (unpaired) electrons. The van der Waals surface area contributed by atoms with E-state index in [9.17, 15) is 19.8 Å². The van der Waals surface area contributed by atoms with E-state index in [0.29, 0.717) is 32.4 Å². The first-order valence-electron chi connectivity index (χ1n) is 10.1. The van der Waals surface area contributed by atoms with Crippen LogP contribution in [0.1, 0.15) is 46.8 Å². The molecule has 0 spiro atoms. The summed E-state index contributed by atoms with van der Waals surface area (Å²) in [6.07, 6.45) is 2.21. The summed E-state index contributed by atoms with van der Waals surface area (Å²) < 4.78 is 0. The number of amides is 1. The Kier molecular flexibility index (Phi) is 6.71. The van der Waals surface area contributed by atoms with Gasteiger partial charge < -0.3 is 31.9 Å². The van der Waals surface area contributed by atoms with Gasteiger partial charge in [-0.05, 0) is 31.7 Å². The van der Waals surface area contributed by atoms with Crippen molar-refractivity contribution in [2.24, 2.45) is 5.73 Å². The minimum Gasteiger partial charge on any atom is -0.477 e. The number of carboxylic acids is 1. The Morgan fingerprint density at radius 3 is 2.45 bits per heavy atom. The Morgan fingerprint density at radius 1 is 1.23 bits per heavy atom. The van der Waals surface area contributed by atoms with E-state index in [2.05, 4.69) is 15.3 Å². The van der Waals surface area contributed by atoms with E-state index in [4.69, 9.17) is 11.5 Å². The standard InChI is InChI=1S/C21H28N6O4/c1-13-2-4-14(5-3-13)15(6-11-28)26-20(31)21(23)7-9-27(10-8-21)18-16(19(29)30)17(22)24-12-25-18/h2-5,12,15,28H,6-11,23H2,1H3,(H,26,31)(H,29,30)(H2,22,24,25)/t15-/m0/s1. The molecule has 2 aromatic rings. The van der Waals surface area contributed by atoms with Gasteiger partial charge in [0.25, 0.3) is 0 Å². The number of nitrogens with two attached hydrogens (primary N) is 2. The molecule has 10 nitrogen and oxygen atoms in total. The van der Waals surface area contributed by atoms with Crippen molar-refractivity contribution in [1.82, 2.24) is 15.3 Å². The molecule has 1 amide bonds. The molecule has 0 bridgehead atoms. The number of aliphatic hydroxyl groups excluding tert-OH is 1. The van der Waals surface area contributed by atoms with E-state index in [-0.39, 0.29) is 35.8 Å². The van der Waals surface area contributed by atoms with Gasteiger partial charge in [-0.2, -0.15) is 0 Å². The van der Waals surface area contributed by atoms with Gasteiger partial charge in [-0.15, -0.1) is 0 Å². The van der Waals surface area contributed by atoms with Crippen LogP contribution in [0.2, 0.25) is 0 Å². The number of nitrogens with one attached hydrogen (secondary N) is 1. The number of benzene rings is 1. The molecule has 1 fully saturated rings. The van der Waals surface area contributed by atoms with Crippen LogP contribution in [-0.4, -0.2) is 57.3 Å². The maximum atomic E-state index is 13.0. The van der Waals surface area contributed by atoms with Crippen LogP contribution >= 0.6 is 0 Å². The minimum atomic E-state index is -1.21. The summed E-state index contributed by atoms with van der Waals surface area (Å²) in [4.78, 5) is 34.2. The molecule has 1 aliphatic rings. The Bertz CT molecular complexity index is 941. The lowest BCUT2D eigenvalue weighted by molar-refractivity contribution is -0.128. The van der Waals surface area contributed by atoms with Crippen LogP contribution in [-0.2, 0) is 4.79 Å². The third-order valence-corrected chi connectivity index (χ3v) is 5.68. The summed E-state index contributed by atoms with van der Waals surface area (Å²) in [5, 5.41) is 21.9. The summed E-state index contributed by atoms with van der Waals surface area (Å²) in [7, 11) is 0. The number of hydrogen-bond donors (Lipinski definition) is 5. The predicted molar refractivity (Wildman–Crippen MR) is 116 cm³/mol. The SMILES string of the molecule is Cc1ccc([C@H](CCO)NC(=O)C2(N)CCN(c3ncnc(N)c3C(=O)O)CC2)cc1. The maximum Gasteiger partial charge on any atom is 0.343 e. The fraction of sp³-hybridized carbons (Fsp3) is 0.429. The number of aryl methyl sites for hydroxylation is 1. The maximum absolute atomic E-state index is 13.0. The topological polar surface area (TPSA) is 168 Å². The van der Waals surface area contributed by atoms with Crippen LogP contribution in [0.5, 0.6) is 0 Å². The molecule has 7 N–H and O–H groups in total. The number of nitrogens with zero attached hydrogens (tertiary/aromatic N) is 3. The average molecular weight is 428 g/mol. The highest BCUT2D eigenvalue weighted by Crippen LogP contribution is 2.29. The van der Waals surface area contributed by atoms with Crippen molar-refractivity contribution in [3.63, 3.8) is 0 Å². The van der Waals surface area contributed by atoms with Crippen molar-refractivity contribution in [3.8, 4) is 0 Å². The molecule has 0 saturated carbocycles. The minimum absolute atomic E-state index is 0.0722. The fourth-order valence-corrected chi connectivity index (χ4v) is 3.73. The molecule has 0 unspecified atom stereocenters. The summed E-state index contributed by atoms with van der Waals surface area (Å²) in [5.41, 5.74) is 12.9. The quantitative estimate of drug-likeness (QED) is 0.424.